The van der Waals surface area contributed by atoms with Crippen LogP contribution in [0.15, 0.2) is 48.5 Å². The number of ketones is 2. The Morgan fingerprint density at radius 2 is 1.00 bits per heavy atom. The number of hydrogen-bond donors (Lipinski definition) is 0. The van der Waals surface area contributed by atoms with Crippen LogP contribution in [-0.2, 0) is 4.57 Å². The Labute approximate surface area is 211 Å². The van der Waals surface area contributed by atoms with Crippen molar-refractivity contribution < 1.29 is 23.7 Å². The van der Waals surface area contributed by atoms with E-state index >= 15 is 0 Å². The normalized spacial score (nSPS) is 13.3. The van der Waals surface area contributed by atoms with E-state index in [1.165, 1.54) is 12.1 Å². The van der Waals surface area contributed by atoms with Crippen molar-refractivity contribution in [3.63, 3.8) is 0 Å². The summed E-state index contributed by atoms with van der Waals surface area (Å²) >= 11 is 0. The smallest absolute Gasteiger partial charge is 0.263 e. The van der Waals surface area contributed by atoms with Crippen LogP contribution in [0.3, 0.4) is 0 Å². The van der Waals surface area contributed by atoms with Crippen molar-refractivity contribution in [2.45, 2.75) is 46.8 Å². The summed E-state index contributed by atoms with van der Waals surface area (Å²) in [5, 5.41) is -2.61. The minimum Gasteiger partial charge on any atom is -0.290 e. The lowest BCUT2D eigenvalue weighted by molar-refractivity contribution is 0.0461. The molecular formula is C29H26NO5P. The molecule has 0 fully saturated rings. The van der Waals surface area contributed by atoms with E-state index < -0.39 is 37.1 Å². The molecule has 2 amide bonds. The zero-order valence-corrected chi connectivity index (χ0v) is 21.9. The minimum absolute atomic E-state index is 0.0609. The summed E-state index contributed by atoms with van der Waals surface area (Å²) < 4.78 is 13.2. The number of hydrogen-bond acceptors (Lipinski definition) is 5. The highest BCUT2D eigenvalue weighted by Gasteiger charge is 2.60. The molecule has 1 aliphatic rings. The summed E-state index contributed by atoms with van der Waals surface area (Å²) in [6.07, 6.45) is 0. The number of carbonyl (C=O) groups excluding carboxylic acids is 4. The number of carbonyl (C=O) groups is 4. The van der Waals surface area contributed by atoms with Crippen LogP contribution in [-0.4, -0.2) is 33.6 Å². The van der Waals surface area contributed by atoms with Crippen molar-refractivity contribution >= 4 is 31.8 Å². The van der Waals surface area contributed by atoms with Crippen molar-refractivity contribution in [2.24, 2.45) is 0 Å². The molecule has 0 radical (unpaired) electrons. The van der Waals surface area contributed by atoms with Crippen molar-refractivity contribution in [3.05, 3.63) is 104 Å². The summed E-state index contributed by atoms with van der Waals surface area (Å²) in [6, 6.07) is 13.2. The topological polar surface area (TPSA) is 88.6 Å². The van der Waals surface area contributed by atoms with Crippen LogP contribution in [0.4, 0.5) is 0 Å². The molecular weight excluding hydrogens is 473 g/mol. The predicted octanol–water partition coefficient (Wildman–Crippen LogP) is 5.89. The second-order valence-electron chi connectivity index (χ2n) is 9.46. The first-order valence-corrected chi connectivity index (χ1v) is 12.3. The SMILES string of the molecule is Cc1cc(C)c(C(=O)C(P=O)(C(=O)c2c(C)cc(C)cc2C)N2C(=O)c3ccccc3C2=O)c(C)c1. The molecule has 0 aliphatic carbocycles. The van der Waals surface area contributed by atoms with E-state index in [-0.39, 0.29) is 22.3 Å². The fourth-order valence-corrected chi connectivity index (χ4v) is 5.99. The molecule has 6 nitrogen and oxygen atoms in total. The first kappa shape index (κ1) is 25.3. The maximum absolute atomic E-state index is 14.4. The van der Waals surface area contributed by atoms with Gasteiger partial charge >= 0.3 is 0 Å². The van der Waals surface area contributed by atoms with E-state index in [4.69, 9.17) is 0 Å². The molecule has 0 saturated heterocycles. The Morgan fingerprint density at radius 1 is 0.667 bits per heavy atom. The predicted molar refractivity (Wildman–Crippen MR) is 137 cm³/mol. The van der Waals surface area contributed by atoms with Gasteiger partial charge in [0, 0.05) is 11.1 Å². The number of nitrogens with zero attached hydrogens (tertiary/aromatic N) is 1. The first-order valence-electron chi connectivity index (χ1n) is 11.5. The number of imide groups is 1. The van der Waals surface area contributed by atoms with Crippen LogP contribution in [0, 0.1) is 41.5 Å². The van der Waals surface area contributed by atoms with Gasteiger partial charge in [-0.15, -0.1) is 0 Å². The highest BCUT2D eigenvalue weighted by Crippen LogP contribution is 2.43. The first-order chi connectivity index (χ1) is 16.9. The summed E-state index contributed by atoms with van der Waals surface area (Å²) in [7, 11) is -0.972. The highest BCUT2D eigenvalue weighted by molar-refractivity contribution is 7.30. The van der Waals surface area contributed by atoms with Gasteiger partial charge in [0.2, 0.25) is 20.0 Å². The van der Waals surface area contributed by atoms with E-state index in [2.05, 4.69) is 0 Å². The fourth-order valence-electron chi connectivity index (χ4n) is 5.34. The maximum atomic E-state index is 14.4. The second-order valence-corrected chi connectivity index (χ2v) is 10.3. The van der Waals surface area contributed by atoms with Crippen LogP contribution in [0.2, 0.25) is 0 Å². The van der Waals surface area contributed by atoms with Crippen LogP contribution in [0.25, 0.3) is 0 Å². The standard InChI is InChI=1S/C29H26NO5P/c1-15-11-17(3)23(18(4)12-15)25(31)29(36-35,26(32)24-19(5)13-16(2)14-20(24)6)30-27(33)21-9-7-8-10-22(21)28(30)34/h7-14H,1-6H3. The highest BCUT2D eigenvalue weighted by atomic mass is 31.1. The molecule has 182 valence electrons. The Balaban J connectivity index is 2.06. The fraction of sp³-hybridized carbons (Fsp3) is 0.241. The molecule has 7 heteroatoms. The summed E-state index contributed by atoms with van der Waals surface area (Å²) in [5.41, 5.74) is 4.51. The zero-order chi connectivity index (χ0) is 26.5. The molecule has 0 N–H and O–H groups in total. The summed E-state index contributed by atoms with van der Waals surface area (Å²) in [5.74, 6) is -3.36. The average molecular weight is 500 g/mol. The van der Waals surface area contributed by atoms with E-state index in [1.54, 1.807) is 64.1 Å². The number of amides is 2. The molecule has 3 aromatic rings. The van der Waals surface area contributed by atoms with E-state index in [0.29, 0.717) is 27.2 Å². The van der Waals surface area contributed by atoms with Gasteiger partial charge in [-0.2, -0.15) is 0 Å². The molecule has 1 aliphatic heterocycles. The van der Waals surface area contributed by atoms with Crippen LogP contribution < -0.4 is 0 Å². The lowest BCUT2D eigenvalue weighted by Crippen LogP contribution is -2.59. The monoisotopic (exact) mass is 499 g/mol. The Hall–Kier alpha value is -3.76. The number of Topliss-reactive ketones (excluding diaryl/α,β-unsaturated/α-hetero) is 2. The molecule has 0 saturated carbocycles. The molecule has 0 spiro atoms. The van der Waals surface area contributed by atoms with Crippen molar-refractivity contribution in [3.8, 4) is 0 Å². The van der Waals surface area contributed by atoms with Crippen molar-refractivity contribution in [2.75, 3.05) is 0 Å². The van der Waals surface area contributed by atoms with E-state index in [0.717, 1.165) is 11.1 Å². The lowest BCUT2D eigenvalue weighted by atomic mass is 9.85. The van der Waals surface area contributed by atoms with E-state index in [9.17, 15) is 23.7 Å². The van der Waals surface area contributed by atoms with Gasteiger partial charge in [0.15, 0.2) is 0 Å². The minimum atomic E-state index is -2.61. The number of benzene rings is 3. The van der Waals surface area contributed by atoms with Crippen LogP contribution in [0.5, 0.6) is 0 Å². The van der Waals surface area contributed by atoms with Gasteiger partial charge in [-0.25, -0.2) is 4.90 Å². The Kier molecular flexibility index (Phi) is 6.36. The third kappa shape index (κ3) is 3.64. The molecule has 0 aromatic heterocycles. The number of fused-ring (bicyclic) bond motifs is 1. The van der Waals surface area contributed by atoms with Gasteiger partial charge in [0.25, 0.3) is 17.1 Å². The summed E-state index contributed by atoms with van der Waals surface area (Å²) in [4.78, 5) is 56.6. The zero-order valence-electron chi connectivity index (χ0n) is 21.1. The molecule has 1 heterocycles. The Morgan fingerprint density at radius 3 is 1.31 bits per heavy atom. The average Bonchev–Trinajstić information content (AvgIpc) is 3.04. The summed E-state index contributed by atoms with van der Waals surface area (Å²) in [6.45, 7) is 10.6. The van der Waals surface area contributed by atoms with Crippen molar-refractivity contribution in [1.82, 2.24) is 4.90 Å². The van der Waals surface area contributed by atoms with Gasteiger partial charge < -0.3 is 0 Å². The van der Waals surface area contributed by atoms with Gasteiger partial charge in [0.05, 0.1) is 11.1 Å². The van der Waals surface area contributed by atoms with Gasteiger partial charge in [-0.3, -0.25) is 23.7 Å². The Bertz CT molecular complexity index is 1350. The maximum Gasteiger partial charge on any atom is 0.263 e. The van der Waals surface area contributed by atoms with Gasteiger partial charge in [0.1, 0.15) is 0 Å². The third-order valence-electron chi connectivity index (χ3n) is 6.69. The molecule has 3 aromatic carbocycles. The van der Waals surface area contributed by atoms with Crippen LogP contribution >= 0.6 is 8.46 Å². The second kappa shape index (κ2) is 9.03. The third-order valence-corrected chi connectivity index (χ3v) is 7.56. The molecule has 0 bridgehead atoms. The lowest BCUT2D eigenvalue weighted by Gasteiger charge is -2.33. The van der Waals surface area contributed by atoms with Crippen molar-refractivity contribution in [1.29, 1.82) is 0 Å². The largest absolute Gasteiger partial charge is 0.290 e. The molecule has 0 atom stereocenters. The number of rotatable bonds is 6. The van der Waals surface area contributed by atoms with Gasteiger partial charge in [-0.1, -0.05) is 47.5 Å². The van der Waals surface area contributed by atoms with E-state index in [1.807, 2.05) is 13.8 Å². The molecule has 36 heavy (non-hydrogen) atoms. The quantitative estimate of drug-likeness (QED) is 0.183. The molecule has 4 rings (SSSR count). The number of aryl methyl sites for hydroxylation is 6. The van der Waals surface area contributed by atoms with Crippen LogP contribution in [0.1, 0.15) is 74.8 Å². The molecule has 0 unspecified atom stereocenters. The van der Waals surface area contributed by atoms with Gasteiger partial charge in [-0.05, 0) is 75.9 Å².